The summed E-state index contributed by atoms with van der Waals surface area (Å²) < 4.78 is 27.5. The number of fused-ring (bicyclic) bond motifs is 1. The van der Waals surface area contributed by atoms with Crippen LogP contribution in [0.3, 0.4) is 0 Å². The lowest BCUT2D eigenvalue weighted by Crippen LogP contribution is -2.50. The van der Waals surface area contributed by atoms with Crippen molar-refractivity contribution in [3.8, 4) is 0 Å². The van der Waals surface area contributed by atoms with Crippen molar-refractivity contribution in [1.82, 2.24) is 19.2 Å². The topological polar surface area (TPSA) is 83.5 Å². The second kappa shape index (κ2) is 8.01. The van der Waals surface area contributed by atoms with E-state index in [1.54, 1.807) is 29.2 Å². The molecule has 1 aliphatic rings. The van der Waals surface area contributed by atoms with Crippen LogP contribution in [0.4, 0.5) is 0 Å². The maximum absolute atomic E-state index is 13.0. The molecule has 0 atom stereocenters. The Morgan fingerprint density at radius 3 is 2.10 bits per heavy atom. The fourth-order valence-corrected chi connectivity index (χ4v) is 5.21. The number of piperazine rings is 1. The quantitative estimate of drug-likeness (QED) is 0.628. The van der Waals surface area contributed by atoms with Gasteiger partial charge in [-0.25, -0.2) is 18.4 Å². The lowest BCUT2D eigenvalue weighted by molar-refractivity contribution is 0.0698. The van der Waals surface area contributed by atoms with Crippen molar-refractivity contribution in [3.63, 3.8) is 0 Å². The second-order valence-electron chi connectivity index (χ2n) is 8.04. The third-order valence-corrected chi connectivity index (χ3v) is 7.86. The highest BCUT2D eigenvalue weighted by atomic mass is 32.2. The number of benzene rings is 2. The van der Waals surface area contributed by atoms with E-state index < -0.39 is 10.0 Å². The van der Waals surface area contributed by atoms with Crippen molar-refractivity contribution in [2.75, 3.05) is 26.2 Å². The Labute approximate surface area is 182 Å². The van der Waals surface area contributed by atoms with Gasteiger partial charge in [0.05, 0.1) is 27.3 Å². The molecule has 1 saturated heterocycles. The zero-order valence-electron chi connectivity index (χ0n) is 18.2. The van der Waals surface area contributed by atoms with Gasteiger partial charge in [-0.3, -0.25) is 4.79 Å². The van der Waals surface area contributed by atoms with E-state index >= 15 is 0 Å². The van der Waals surface area contributed by atoms with Crippen molar-refractivity contribution < 1.29 is 13.2 Å². The van der Waals surface area contributed by atoms with Crippen molar-refractivity contribution in [1.29, 1.82) is 0 Å². The summed E-state index contributed by atoms with van der Waals surface area (Å²) in [6.45, 7) is 8.90. The van der Waals surface area contributed by atoms with Gasteiger partial charge in [-0.2, -0.15) is 4.31 Å². The van der Waals surface area contributed by atoms with Crippen LogP contribution in [0.1, 0.15) is 32.9 Å². The molecular formula is C23H26N4O3S. The lowest BCUT2D eigenvalue weighted by Gasteiger charge is -2.34. The van der Waals surface area contributed by atoms with Crippen LogP contribution in [-0.2, 0) is 10.0 Å². The van der Waals surface area contributed by atoms with E-state index in [-0.39, 0.29) is 19.0 Å². The highest BCUT2D eigenvalue weighted by Gasteiger charge is 2.30. The fourth-order valence-electron chi connectivity index (χ4n) is 3.70. The predicted octanol–water partition coefficient (Wildman–Crippen LogP) is 3.01. The summed E-state index contributed by atoms with van der Waals surface area (Å²) in [5, 5.41) is 0. The predicted molar refractivity (Wildman–Crippen MR) is 120 cm³/mol. The summed E-state index contributed by atoms with van der Waals surface area (Å²) in [6.07, 6.45) is 0. The van der Waals surface area contributed by atoms with Crippen molar-refractivity contribution in [2.45, 2.75) is 32.6 Å². The number of hydrogen-bond donors (Lipinski definition) is 0. The van der Waals surface area contributed by atoms with E-state index in [0.717, 1.165) is 28.0 Å². The number of hydrogen-bond acceptors (Lipinski definition) is 5. The van der Waals surface area contributed by atoms with Crippen LogP contribution in [0, 0.1) is 27.7 Å². The molecule has 2 aromatic carbocycles. The van der Waals surface area contributed by atoms with Crippen molar-refractivity contribution >= 4 is 27.0 Å². The average Bonchev–Trinajstić information content (AvgIpc) is 2.75. The van der Waals surface area contributed by atoms with Gasteiger partial charge >= 0.3 is 0 Å². The van der Waals surface area contributed by atoms with E-state index in [2.05, 4.69) is 9.97 Å². The molecule has 0 bridgehead atoms. The van der Waals surface area contributed by atoms with Crippen LogP contribution in [0.15, 0.2) is 41.3 Å². The standard InChI is InChI=1S/C23H26N4O3S/c1-15-5-7-20(13-16(15)2)31(29,30)27-11-9-26(10-12-27)23(28)19-6-8-21-22(14-19)25-18(4)17(3)24-21/h5-8,13-14H,9-12H2,1-4H3. The minimum atomic E-state index is -3.58. The molecule has 0 saturated carbocycles. The largest absolute Gasteiger partial charge is 0.336 e. The number of rotatable bonds is 3. The monoisotopic (exact) mass is 438 g/mol. The molecule has 8 heteroatoms. The number of nitrogens with zero attached hydrogens (tertiary/aromatic N) is 4. The first-order valence-electron chi connectivity index (χ1n) is 10.3. The summed E-state index contributed by atoms with van der Waals surface area (Å²) in [7, 11) is -3.58. The number of aryl methyl sites for hydroxylation is 4. The average molecular weight is 439 g/mol. The Bertz CT molecular complexity index is 1280. The van der Waals surface area contributed by atoms with E-state index in [1.165, 1.54) is 4.31 Å². The molecular weight excluding hydrogens is 412 g/mol. The van der Waals surface area contributed by atoms with Crippen molar-refractivity contribution in [3.05, 3.63) is 64.5 Å². The van der Waals surface area contributed by atoms with Gasteiger partial charge in [0.25, 0.3) is 5.91 Å². The maximum atomic E-state index is 13.0. The molecule has 1 amide bonds. The second-order valence-corrected chi connectivity index (χ2v) is 9.98. The molecule has 1 aliphatic heterocycles. The van der Waals surface area contributed by atoms with Gasteiger partial charge in [-0.15, -0.1) is 0 Å². The third-order valence-electron chi connectivity index (χ3n) is 5.96. The van der Waals surface area contributed by atoms with E-state index in [9.17, 15) is 13.2 Å². The van der Waals surface area contributed by atoms with Crippen LogP contribution in [0.25, 0.3) is 11.0 Å². The molecule has 7 nitrogen and oxygen atoms in total. The number of carbonyl (C=O) groups is 1. The molecule has 31 heavy (non-hydrogen) atoms. The van der Waals surface area contributed by atoms with Crippen LogP contribution >= 0.6 is 0 Å². The van der Waals surface area contributed by atoms with Gasteiger partial charge in [0.15, 0.2) is 0 Å². The van der Waals surface area contributed by atoms with Gasteiger partial charge in [-0.05, 0) is 69.2 Å². The van der Waals surface area contributed by atoms with Gasteiger partial charge in [0.1, 0.15) is 0 Å². The summed E-state index contributed by atoms with van der Waals surface area (Å²) in [5.41, 5.74) is 5.68. The maximum Gasteiger partial charge on any atom is 0.254 e. The first-order valence-corrected chi connectivity index (χ1v) is 11.7. The Morgan fingerprint density at radius 1 is 0.806 bits per heavy atom. The Balaban J connectivity index is 1.49. The Hall–Kier alpha value is -2.84. The highest BCUT2D eigenvalue weighted by molar-refractivity contribution is 7.89. The van der Waals surface area contributed by atoms with Gasteiger partial charge in [-0.1, -0.05) is 6.07 Å². The molecule has 1 fully saturated rings. The van der Waals surface area contributed by atoms with Gasteiger partial charge in [0, 0.05) is 31.7 Å². The summed E-state index contributed by atoms with van der Waals surface area (Å²) in [4.78, 5) is 24.0. The molecule has 162 valence electrons. The SMILES string of the molecule is Cc1ccc(S(=O)(=O)N2CCN(C(=O)c3ccc4nc(C)c(C)nc4c3)CC2)cc1C. The summed E-state index contributed by atoms with van der Waals surface area (Å²) >= 11 is 0. The van der Waals surface area contributed by atoms with Gasteiger partial charge < -0.3 is 4.90 Å². The van der Waals surface area contributed by atoms with E-state index in [4.69, 9.17) is 0 Å². The molecule has 2 heterocycles. The molecule has 3 aromatic rings. The molecule has 1 aromatic heterocycles. The Morgan fingerprint density at radius 2 is 1.45 bits per heavy atom. The molecule has 0 radical (unpaired) electrons. The van der Waals surface area contributed by atoms with Crippen LogP contribution < -0.4 is 0 Å². The number of sulfonamides is 1. The highest BCUT2D eigenvalue weighted by Crippen LogP contribution is 2.22. The molecule has 0 unspecified atom stereocenters. The summed E-state index contributed by atoms with van der Waals surface area (Å²) in [6, 6.07) is 10.5. The van der Waals surface area contributed by atoms with Crippen molar-refractivity contribution in [2.24, 2.45) is 0 Å². The number of carbonyl (C=O) groups excluding carboxylic acids is 1. The van der Waals surface area contributed by atoms with Gasteiger partial charge in [0.2, 0.25) is 10.0 Å². The molecule has 0 spiro atoms. The van der Waals surface area contributed by atoms with Crippen LogP contribution in [0.2, 0.25) is 0 Å². The summed E-state index contributed by atoms with van der Waals surface area (Å²) in [5.74, 6) is -0.120. The normalized spacial score (nSPS) is 15.4. The lowest BCUT2D eigenvalue weighted by atomic mass is 10.1. The zero-order chi connectivity index (χ0) is 22.3. The third kappa shape index (κ3) is 4.05. The fraction of sp³-hybridized carbons (Fsp3) is 0.348. The molecule has 0 aliphatic carbocycles. The smallest absolute Gasteiger partial charge is 0.254 e. The number of aromatic nitrogens is 2. The first-order chi connectivity index (χ1) is 14.7. The van der Waals surface area contributed by atoms with E-state index in [0.29, 0.717) is 29.1 Å². The minimum absolute atomic E-state index is 0.120. The van der Waals surface area contributed by atoms with Crippen LogP contribution in [-0.4, -0.2) is 59.7 Å². The zero-order valence-corrected chi connectivity index (χ0v) is 19.0. The molecule has 4 rings (SSSR count). The first kappa shape index (κ1) is 21.4. The molecule has 0 N–H and O–H groups in total. The Kier molecular flexibility index (Phi) is 5.53. The van der Waals surface area contributed by atoms with Crippen LogP contribution in [0.5, 0.6) is 0 Å². The number of amides is 1. The van der Waals surface area contributed by atoms with E-state index in [1.807, 2.05) is 39.8 Å². The minimum Gasteiger partial charge on any atom is -0.336 e.